The van der Waals surface area contributed by atoms with Crippen molar-refractivity contribution in [1.29, 1.82) is 0 Å². The van der Waals surface area contributed by atoms with E-state index in [1.807, 2.05) is 36.1 Å². The van der Waals surface area contributed by atoms with Crippen molar-refractivity contribution in [3.8, 4) is 0 Å². The van der Waals surface area contributed by atoms with Crippen LogP contribution in [-0.2, 0) is 14.4 Å². The molecule has 146 valence electrons. The first-order chi connectivity index (χ1) is 13.0. The zero-order chi connectivity index (χ0) is 19.2. The molecule has 1 aromatic carbocycles. The zero-order valence-electron chi connectivity index (χ0n) is 15.5. The SMILES string of the molecule is Cc1ccc(NC(=O)CSCC(=O)N2CSC[C@@H]2C(=O)N2CCCC2)cc1. The molecule has 1 N–H and O–H groups in total. The van der Waals surface area contributed by atoms with E-state index in [-0.39, 0.29) is 35.3 Å². The number of amides is 3. The van der Waals surface area contributed by atoms with E-state index in [9.17, 15) is 14.4 Å². The number of nitrogens with one attached hydrogen (secondary N) is 1. The summed E-state index contributed by atoms with van der Waals surface area (Å²) in [6.07, 6.45) is 2.09. The summed E-state index contributed by atoms with van der Waals surface area (Å²) in [5, 5.41) is 2.83. The summed E-state index contributed by atoms with van der Waals surface area (Å²) in [5.41, 5.74) is 1.89. The fraction of sp³-hybridized carbons (Fsp3) is 0.526. The number of hydrogen-bond acceptors (Lipinski definition) is 5. The molecule has 0 saturated carbocycles. The van der Waals surface area contributed by atoms with E-state index in [0.717, 1.165) is 37.2 Å². The van der Waals surface area contributed by atoms with Crippen LogP contribution >= 0.6 is 23.5 Å². The largest absolute Gasteiger partial charge is 0.341 e. The normalized spacial score (nSPS) is 19.4. The predicted octanol–water partition coefficient (Wildman–Crippen LogP) is 2.19. The first kappa shape index (κ1) is 20.1. The number of benzene rings is 1. The standard InChI is InChI=1S/C19H25N3O3S2/c1-14-4-6-15(7-5-14)20-17(23)11-26-12-18(24)22-13-27-10-16(22)19(25)21-8-2-3-9-21/h4-7,16H,2-3,8-13H2,1H3,(H,20,23)/t16-/m1/s1. The highest BCUT2D eigenvalue weighted by Gasteiger charge is 2.37. The van der Waals surface area contributed by atoms with Gasteiger partial charge in [0.15, 0.2) is 0 Å². The summed E-state index contributed by atoms with van der Waals surface area (Å²) in [5.74, 6) is 1.53. The molecule has 1 atom stereocenters. The smallest absolute Gasteiger partial charge is 0.246 e. The molecule has 2 fully saturated rings. The minimum atomic E-state index is -0.345. The Morgan fingerprint density at radius 3 is 2.56 bits per heavy atom. The van der Waals surface area contributed by atoms with Crippen molar-refractivity contribution >= 4 is 46.9 Å². The Morgan fingerprint density at radius 2 is 1.85 bits per heavy atom. The topological polar surface area (TPSA) is 69.7 Å². The van der Waals surface area contributed by atoms with E-state index in [2.05, 4.69) is 5.32 Å². The Labute approximate surface area is 168 Å². The van der Waals surface area contributed by atoms with Gasteiger partial charge in [-0.1, -0.05) is 17.7 Å². The monoisotopic (exact) mass is 407 g/mol. The van der Waals surface area contributed by atoms with Crippen LogP contribution < -0.4 is 5.32 Å². The molecular weight excluding hydrogens is 382 g/mol. The van der Waals surface area contributed by atoms with Crippen LogP contribution in [0.2, 0.25) is 0 Å². The van der Waals surface area contributed by atoms with E-state index in [1.165, 1.54) is 11.8 Å². The maximum Gasteiger partial charge on any atom is 0.246 e. The molecule has 0 radical (unpaired) electrons. The van der Waals surface area contributed by atoms with Gasteiger partial charge in [0.05, 0.1) is 17.4 Å². The summed E-state index contributed by atoms with van der Waals surface area (Å²) in [6, 6.07) is 7.25. The third-order valence-corrected chi connectivity index (χ3v) is 6.63. The van der Waals surface area contributed by atoms with Crippen molar-refractivity contribution in [1.82, 2.24) is 9.80 Å². The van der Waals surface area contributed by atoms with Crippen LogP contribution in [0.4, 0.5) is 5.69 Å². The van der Waals surface area contributed by atoms with Crippen LogP contribution in [0.15, 0.2) is 24.3 Å². The van der Waals surface area contributed by atoms with Crippen LogP contribution in [0.3, 0.4) is 0 Å². The van der Waals surface area contributed by atoms with Crippen LogP contribution in [0.5, 0.6) is 0 Å². The molecule has 2 aliphatic heterocycles. The van der Waals surface area contributed by atoms with Crippen LogP contribution in [0.1, 0.15) is 18.4 Å². The van der Waals surface area contributed by atoms with E-state index >= 15 is 0 Å². The lowest BCUT2D eigenvalue weighted by atomic mass is 10.2. The second-order valence-corrected chi connectivity index (χ2v) is 8.80. The maximum atomic E-state index is 12.6. The number of carbonyl (C=O) groups excluding carboxylic acids is 3. The maximum absolute atomic E-state index is 12.6. The Hall–Kier alpha value is -1.67. The van der Waals surface area contributed by atoms with Gasteiger partial charge in [0.1, 0.15) is 6.04 Å². The molecule has 0 bridgehead atoms. The molecular formula is C19H25N3O3S2. The highest BCUT2D eigenvalue weighted by Crippen LogP contribution is 2.25. The van der Waals surface area contributed by atoms with Crippen molar-refractivity contribution < 1.29 is 14.4 Å². The predicted molar refractivity (Wildman–Crippen MR) is 111 cm³/mol. The number of hydrogen-bond donors (Lipinski definition) is 1. The van der Waals surface area contributed by atoms with Gasteiger partial charge in [-0.15, -0.1) is 23.5 Å². The van der Waals surface area contributed by atoms with Gasteiger partial charge in [0.25, 0.3) is 0 Å². The average Bonchev–Trinajstić information content (AvgIpc) is 3.35. The molecule has 2 heterocycles. The highest BCUT2D eigenvalue weighted by atomic mass is 32.2. The summed E-state index contributed by atoms with van der Waals surface area (Å²) in [6.45, 7) is 3.59. The third kappa shape index (κ3) is 5.42. The number of carbonyl (C=O) groups is 3. The lowest BCUT2D eigenvalue weighted by Gasteiger charge is -2.27. The van der Waals surface area contributed by atoms with E-state index in [0.29, 0.717) is 11.6 Å². The second-order valence-electron chi connectivity index (χ2n) is 6.82. The quantitative estimate of drug-likeness (QED) is 0.783. The summed E-state index contributed by atoms with van der Waals surface area (Å²) < 4.78 is 0. The number of rotatable bonds is 6. The Morgan fingerprint density at radius 1 is 1.15 bits per heavy atom. The van der Waals surface area contributed by atoms with Gasteiger partial charge in [-0.25, -0.2) is 0 Å². The minimum Gasteiger partial charge on any atom is -0.341 e. The Balaban J connectivity index is 1.43. The minimum absolute atomic E-state index is 0.0642. The van der Waals surface area contributed by atoms with Crippen molar-refractivity contribution in [2.24, 2.45) is 0 Å². The van der Waals surface area contributed by atoms with Crippen LogP contribution in [-0.4, -0.2) is 69.8 Å². The van der Waals surface area contributed by atoms with Crippen molar-refractivity contribution in [2.45, 2.75) is 25.8 Å². The number of aryl methyl sites for hydroxylation is 1. The number of likely N-dealkylation sites (tertiary alicyclic amines) is 1. The van der Waals surface area contributed by atoms with Crippen LogP contribution in [0.25, 0.3) is 0 Å². The van der Waals surface area contributed by atoms with E-state index in [1.54, 1.807) is 16.7 Å². The van der Waals surface area contributed by atoms with Gasteiger partial charge >= 0.3 is 0 Å². The van der Waals surface area contributed by atoms with Crippen molar-refractivity contribution in [3.05, 3.63) is 29.8 Å². The fourth-order valence-electron chi connectivity index (χ4n) is 3.19. The molecule has 27 heavy (non-hydrogen) atoms. The molecule has 3 amide bonds. The Kier molecular flexibility index (Phi) is 7.07. The number of anilines is 1. The van der Waals surface area contributed by atoms with Gasteiger partial charge < -0.3 is 15.1 Å². The summed E-state index contributed by atoms with van der Waals surface area (Å²) >= 11 is 2.90. The second kappa shape index (κ2) is 9.50. The van der Waals surface area contributed by atoms with Gasteiger partial charge in [0.2, 0.25) is 17.7 Å². The van der Waals surface area contributed by atoms with E-state index < -0.39 is 0 Å². The van der Waals surface area contributed by atoms with E-state index in [4.69, 9.17) is 0 Å². The highest BCUT2D eigenvalue weighted by molar-refractivity contribution is 8.00. The fourth-order valence-corrected chi connectivity index (χ4v) is 5.06. The molecule has 2 saturated heterocycles. The number of nitrogens with zero attached hydrogens (tertiary/aromatic N) is 2. The first-order valence-corrected chi connectivity index (χ1v) is 11.5. The van der Waals surface area contributed by atoms with Gasteiger partial charge in [-0.2, -0.15) is 0 Å². The lowest BCUT2D eigenvalue weighted by molar-refractivity contribution is -0.141. The molecule has 0 unspecified atom stereocenters. The molecule has 8 heteroatoms. The molecule has 1 aromatic rings. The summed E-state index contributed by atoms with van der Waals surface area (Å²) in [4.78, 5) is 40.7. The molecule has 0 aliphatic carbocycles. The van der Waals surface area contributed by atoms with Gasteiger partial charge in [0, 0.05) is 24.5 Å². The Bertz CT molecular complexity index is 690. The first-order valence-electron chi connectivity index (χ1n) is 9.15. The molecule has 0 spiro atoms. The molecule has 6 nitrogen and oxygen atoms in total. The van der Waals surface area contributed by atoms with Crippen molar-refractivity contribution in [3.63, 3.8) is 0 Å². The van der Waals surface area contributed by atoms with Crippen LogP contribution in [0, 0.1) is 6.92 Å². The summed E-state index contributed by atoms with van der Waals surface area (Å²) in [7, 11) is 0. The lowest BCUT2D eigenvalue weighted by Crippen LogP contribution is -2.48. The molecule has 2 aliphatic rings. The van der Waals surface area contributed by atoms with Crippen molar-refractivity contribution in [2.75, 3.05) is 41.5 Å². The molecule has 3 rings (SSSR count). The molecule has 0 aromatic heterocycles. The average molecular weight is 408 g/mol. The van der Waals surface area contributed by atoms with Gasteiger partial charge in [-0.05, 0) is 31.9 Å². The van der Waals surface area contributed by atoms with Gasteiger partial charge in [-0.3, -0.25) is 14.4 Å². The number of thioether (sulfide) groups is 2. The third-order valence-electron chi connectivity index (χ3n) is 4.70. The zero-order valence-corrected chi connectivity index (χ0v) is 17.1.